The van der Waals surface area contributed by atoms with Gasteiger partial charge < -0.3 is 0 Å². The summed E-state index contributed by atoms with van der Waals surface area (Å²) in [6.07, 6.45) is 1.99. The molecule has 1 aromatic heterocycles. The van der Waals surface area contributed by atoms with Crippen molar-refractivity contribution in [3.63, 3.8) is 0 Å². The lowest BCUT2D eigenvalue weighted by atomic mass is 10.2. The van der Waals surface area contributed by atoms with Gasteiger partial charge in [-0.3, -0.25) is 14.3 Å². The van der Waals surface area contributed by atoms with Gasteiger partial charge in [-0.15, -0.1) is 0 Å². The second kappa shape index (κ2) is 4.42. The Morgan fingerprint density at radius 2 is 2.17 bits per heavy atom. The average molecular weight is 245 g/mol. The summed E-state index contributed by atoms with van der Waals surface area (Å²) in [5.41, 5.74) is 1.42. The van der Waals surface area contributed by atoms with E-state index < -0.39 is 0 Å². The molecule has 0 spiro atoms. The van der Waals surface area contributed by atoms with Crippen LogP contribution in [0.5, 0.6) is 0 Å². The minimum Gasteiger partial charge on any atom is -0.271 e. The van der Waals surface area contributed by atoms with Gasteiger partial charge in [0, 0.05) is 19.0 Å². The third kappa shape index (κ3) is 1.76. The van der Waals surface area contributed by atoms with E-state index in [1.165, 1.54) is 5.06 Å². The molecule has 1 amide bonds. The van der Waals surface area contributed by atoms with Crippen molar-refractivity contribution >= 4 is 16.8 Å². The van der Waals surface area contributed by atoms with E-state index in [-0.39, 0.29) is 5.91 Å². The van der Waals surface area contributed by atoms with E-state index in [0.29, 0.717) is 18.8 Å². The largest absolute Gasteiger partial charge is 0.298 e. The van der Waals surface area contributed by atoms with Crippen LogP contribution >= 0.6 is 0 Å². The first-order chi connectivity index (χ1) is 8.77. The standard InChI is InChI=1S/C13H15N3O2/c1-15-11-7-3-2-6-10(11)12(14-15)13(17)16-8-4-5-9-18-16/h2-3,6-7H,4-5,8-9H2,1H3. The number of carbonyl (C=O) groups excluding carboxylic acids is 1. The maximum absolute atomic E-state index is 12.4. The van der Waals surface area contributed by atoms with Gasteiger partial charge in [0.05, 0.1) is 12.1 Å². The summed E-state index contributed by atoms with van der Waals surface area (Å²) in [6, 6.07) is 7.73. The molecule has 1 saturated heterocycles. The van der Waals surface area contributed by atoms with Crippen molar-refractivity contribution in [1.82, 2.24) is 14.8 Å². The molecule has 2 aromatic rings. The van der Waals surface area contributed by atoms with Crippen LogP contribution in [-0.2, 0) is 11.9 Å². The quantitative estimate of drug-likeness (QED) is 0.769. The minimum atomic E-state index is -0.147. The number of aryl methyl sites for hydroxylation is 1. The summed E-state index contributed by atoms with van der Waals surface area (Å²) < 4.78 is 1.73. The van der Waals surface area contributed by atoms with Crippen molar-refractivity contribution in [2.75, 3.05) is 13.2 Å². The lowest BCUT2D eigenvalue weighted by Gasteiger charge is -2.25. The van der Waals surface area contributed by atoms with E-state index in [1.54, 1.807) is 4.68 Å². The van der Waals surface area contributed by atoms with Crippen molar-refractivity contribution < 1.29 is 9.63 Å². The Morgan fingerprint density at radius 3 is 2.94 bits per heavy atom. The van der Waals surface area contributed by atoms with Gasteiger partial charge in [-0.05, 0) is 18.9 Å². The van der Waals surface area contributed by atoms with Crippen molar-refractivity contribution in [2.45, 2.75) is 12.8 Å². The third-order valence-corrected chi connectivity index (χ3v) is 3.19. The Balaban J connectivity index is 2.00. The highest BCUT2D eigenvalue weighted by molar-refractivity contribution is 6.04. The summed E-state index contributed by atoms with van der Waals surface area (Å²) in [7, 11) is 1.84. The molecule has 0 saturated carbocycles. The van der Waals surface area contributed by atoms with Gasteiger partial charge in [0.15, 0.2) is 5.69 Å². The van der Waals surface area contributed by atoms with Crippen LogP contribution in [0.15, 0.2) is 24.3 Å². The SMILES string of the molecule is Cn1nc(C(=O)N2CCCCO2)c2ccccc21. The Hall–Kier alpha value is -1.88. The van der Waals surface area contributed by atoms with E-state index in [2.05, 4.69) is 5.10 Å². The molecule has 0 N–H and O–H groups in total. The molecule has 1 aliphatic rings. The number of rotatable bonds is 1. The number of aromatic nitrogens is 2. The molecule has 5 nitrogen and oxygen atoms in total. The van der Waals surface area contributed by atoms with Crippen molar-refractivity contribution in [3.05, 3.63) is 30.0 Å². The fraction of sp³-hybridized carbons (Fsp3) is 0.385. The first kappa shape index (κ1) is 11.2. The highest BCUT2D eigenvalue weighted by Gasteiger charge is 2.24. The Bertz CT molecular complexity index is 585. The molecule has 94 valence electrons. The number of para-hydroxylation sites is 1. The number of hydrogen-bond acceptors (Lipinski definition) is 3. The predicted octanol–water partition coefficient (Wildman–Crippen LogP) is 1.74. The zero-order valence-electron chi connectivity index (χ0n) is 10.3. The summed E-state index contributed by atoms with van der Waals surface area (Å²) >= 11 is 0. The Kier molecular flexibility index (Phi) is 2.76. The second-order valence-corrected chi connectivity index (χ2v) is 4.44. The Morgan fingerprint density at radius 1 is 1.33 bits per heavy atom. The highest BCUT2D eigenvalue weighted by atomic mass is 16.7. The fourth-order valence-corrected chi connectivity index (χ4v) is 2.25. The molecule has 0 radical (unpaired) electrons. The average Bonchev–Trinajstić information content (AvgIpc) is 2.77. The molecule has 1 fully saturated rings. The van der Waals surface area contributed by atoms with Crippen LogP contribution in [0.25, 0.3) is 10.9 Å². The zero-order chi connectivity index (χ0) is 12.5. The third-order valence-electron chi connectivity index (χ3n) is 3.19. The van der Waals surface area contributed by atoms with Crippen LogP contribution in [-0.4, -0.2) is 33.9 Å². The van der Waals surface area contributed by atoms with E-state index in [4.69, 9.17) is 4.84 Å². The molecule has 0 atom stereocenters. The topological polar surface area (TPSA) is 47.4 Å². The highest BCUT2D eigenvalue weighted by Crippen LogP contribution is 2.20. The summed E-state index contributed by atoms with van der Waals surface area (Å²) in [5.74, 6) is -0.147. The molecule has 18 heavy (non-hydrogen) atoms. The number of hydrogen-bond donors (Lipinski definition) is 0. The number of nitrogens with zero attached hydrogens (tertiary/aromatic N) is 3. The van der Waals surface area contributed by atoms with Crippen molar-refractivity contribution in [3.8, 4) is 0 Å². The number of amides is 1. The molecule has 2 heterocycles. The number of hydroxylamine groups is 2. The lowest BCUT2D eigenvalue weighted by Crippen LogP contribution is -2.36. The monoisotopic (exact) mass is 245 g/mol. The molecule has 0 unspecified atom stereocenters. The molecule has 5 heteroatoms. The van der Waals surface area contributed by atoms with Gasteiger partial charge in [0.1, 0.15) is 0 Å². The van der Waals surface area contributed by atoms with Gasteiger partial charge in [-0.1, -0.05) is 18.2 Å². The fourth-order valence-electron chi connectivity index (χ4n) is 2.25. The van der Waals surface area contributed by atoms with Gasteiger partial charge in [-0.2, -0.15) is 5.10 Å². The van der Waals surface area contributed by atoms with Crippen LogP contribution in [0.2, 0.25) is 0 Å². The van der Waals surface area contributed by atoms with E-state index >= 15 is 0 Å². The molecule has 3 rings (SSSR count). The van der Waals surface area contributed by atoms with Crippen LogP contribution in [0.4, 0.5) is 0 Å². The van der Waals surface area contributed by atoms with E-state index in [9.17, 15) is 4.79 Å². The summed E-state index contributed by atoms with van der Waals surface area (Å²) in [5, 5.41) is 6.61. The minimum absolute atomic E-state index is 0.147. The summed E-state index contributed by atoms with van der Waals surface area (Å²) in [4.78, 5) is 17.7. The molecule has 1 aliphatic heterocycles. The van der Waals surface area contributed by atoms with Gasteiger partial charge in [-0.25, -0.2) is 5.06 Å². The Labute approximate surface area is 105 Å². The zero-order valence-corrected chi connectivity index (χ0v) is 10.3. The van der Waals surface area contributed by atoms with E-state index in [0.717, 1.165) is 23.7 Å². The lowest BCUT2D eigenvalue weighted by molar-refractivity contribution is -0.144. The first-order valence-electron chi connectivity index (χ1n) is 6.14. The number of fused-ring (bicyclic) bond motifs is 1. The molecule has 0 bridgehead atoms. The molecule has 0 aliphatic carbocycles. The van der Waals surface area contributed by atoms with Crippen molar-refractivity contribution in [2.24, 2.45) is 7.05 Å². The van der Waals surface area contributed by atoms with Gasteiger partial charge in [0.2, 0.25) is 0 Å². The number of benzene rings is 1. The smallest absolute Gasteiger partial charge is 0.271 e. The molecule has 1 aromatic carbocycles. The van der Waals surface area contributed by atoms with Crippen LogP contribution in [0, 0.1) is 0 Å². The van der Waals surface area contributed by atoms with Crippen molar-refractivity contribution in [1.29, 1.82) is 0 Å². The van der Waals surface area contributed by atoms with Crippen LogP contribution in [0.3, 0.4) is 0 Å². The molecular formula is C13H15N3O2. The normalized spacial score (nSPS) is 16.2. The molecular weight excluding hydrogens is 230 g/mol. The summed E-state index contributed by atoms with van der Waals surface area (Å²) in [6.45, 7) is 1.25. The predicted molar refractivity (Wildman–Crippen MR) is 66.9 cm³/mol. The van der Waals surface area contributed by atoms with Crippen LogP contribution < -0.4 is 0 Å². The second-order valence-electron chi connectivity index (χ2n) is 4.44. The maximum Gasteiger partial charge on any atom is 0.298 e. The maximum atomic E-state index is 12.4. The number of carbonyl (C=O) groups is 1. The first-order valence-corrected chi connectivity index (χ1v) is 6.14. The van der Waals surface area contributed by atoms with Crippen LogP contribution in [0.1, 0.15) is 23.3 Å². The van der Waals surface area contributed by atoms with Gasteiger partial charge in [0.25, 0.3) is 5.91 Å². The van der Waals surface area contributed by atoms with E-state index in [1.807, 2.05) is 31.3 Å². The van der Waals surface area contributed by atoms with Gasteiger partial charge >= 0.3 is 0 Å².